The summed E-state index contributed by atoms with van der Waals surface area (Å²) in [7, 11) is 0. The summed E-state index contributed by atoms with van der Waals surface area (Å²) in [6, 6.07) is 71.0. The number of benzene rings is 9. The molecule has 4 heterocycles. The molecule has 11 aromatic rings. The van der Waals surface area contributed by atoms with E-state index in [1.165, 1.54) is 117 Å². The normalized spacial score (nSPS) is 12.9. The van der Waals surface area contributed by atoms with E-state index in [4.69, 9.17) is 0 Å². The molecule has 0 radical (unpaired) electrons. The molecule has 2 aliphatic heterocycles. The van der Waals surface area contributed by atoms with E-state index in [9.17, 15) is 0 Å². The number of aryl methyl sites for hydroxylation is 4. The maximum absolute atomic E-state index is 2.65. The van der Waals surface area contributed by atoms with Crippen LogP contribution in [0.5, 0.6) is 0 Å². The third kappa shape index (κ3) is 9.64. The smallest absolute Gasteiger partial charge is 0.252 e. The Balaban J connectivity index is 1.12. The average Bonchev–Trinajstić information content (AvgIpc) is 1.41. The van der Waals surface area contributed by atoms with E-state index in [0.717, 1.165) is 65.5 Å². The maximum atomic E-state index is 2.65. The van der Waals surface area contributed by atoms with Crippen LogP contribution in [0.4, 0.5) is 51.2 Å². The lowest BCUT2D eigenvalue weighted by atomic mass is 9.34. The standard InChI is InChI=1S/C84H92BN5/c1-19-81(11,12)59-27-39-65(40-28-59)89(66-41-29-60(30-42-66)82(13,14)20-2)72-49-47-70-79-76(72)55(7)57(9)86(79)74-51-69(88(63-35-23-53(5)24-36-63)64-37-25-54(6)26-38-64)52-75-78(74)85(70)71-48-50-73(77-56(8)58(10)87(75)80(71)77)90(67-43-31-61(32-44-67)83(15,16)21-3)68-45-33-62(34-46-68)84(17,18)22-4/h23-52H,19-22H2,1-18H3. The van der Waals surface area contributed by atoms with E-state index < -0.39 is 0 Å². The number of aromatic nitrogens is 2. The Kier molecular flexibility index (Phi) is 14.9. The Hall–Kier alpha value is -8.48. The van der Waals surface area contributed by atoms with Crippen LogP contribution >= 0.6 is 0 Å². The molecule has 0 saturated heterocycles. The molecular weight excluding hydrogens is 1090 g/mol. The van der Waals surface area contributed by atoms with Crippen molar-refractivity contribution in [3.63, 3.8) is 0 Å². The van der Waals surface area contributed by atoms with Gasteiger partial charge in [0.25, 0.3) is 6.71 Å². The van der Waals surface area contributed by atoms with Gasteiger partial charge in [0.1, 0.15) is 0 Å². The van der Waals surface area contributed by atoms with Gasteiger partial charge in [-0.15, -0.1) is 0 Å². The molecule has 5 nitrogen and oxygen atoms in total. The first-order chi connectivity index (χ1) is 42.9. The third-order valence-corrected chi connectivity index (χ3v) is 22.3. The fraction of sp³-hybridized carbons (Fsp3) is 0.310. The molecule has 0 aliphatic carbocycles. The van der Waals surface area contributed by atoms with Crippen molar-refractivity contribution < 1.29 is 0 Å². The Morgan fingerprint density at radius 3 is 0.867 bits per heavy atom. The number of rotatable bonds is 17. The van der Waals surface area contributed by atoms with Gasteiger partial charge in [0.15, 0.2) is 0 Å². The fourth-order valence-corrected chi connectivity index (χ4v) is 14.5. The SMILES string of the molecule is CCC(C)(C)c1ccc(N(c2ccc(C(C)(C)CC)cc2)c2ccc3c4c2c(C)c(C)n4-c2cc(N(c4ccc(C)cc4)c4ccc(C)cc4)cc4c2B3c2ccc(N(c3ccc(C(C)(C)CC)cc3)c3ccc(C(C)(C)CC)cc3)c3c(C)c(C)n-4c23)cc1. The zero-order chi connectivity index (χ0) is 63.7. The molecule has 0 unspecified atom stereocenters. The van der Waals surface area contributed by atoms with Gasteiger partial charge in [-0.3, -0.25) is 0 Å². The summed E-state index contributed by atoms with van der Waals surface area (Å²) < 4.78 is 5.30. The number of nitrogens with zero attached hydrogens (tertiary/aromatic N) is 5. The highest BCUT2D eigenvalue weighted by Gasteiger charge is 2.43. The van der Waals surface area contributed by atoms with Gasteiger partial charge in [-0.1, -0.05) is 179 Å². The van der Waals surface area contributed by atoms with Crippen molar-refractivity contribution in [2.75, 3.05) is 14.7 Å². The topological polar surface area (TPSA) is 19.6 Å². The van der Waals surface area contributed by atoms with Gasteiger partial charge in [0, 0.05) is 67.7 Å². The van der Waals surface area contributed by atoms with Crippen molar-refractivity contribution in [3.05, 3.63) is 238 Å². The Labute approximate surface area is 538 Å². The van der Waals surface area contributed by atoms with Crippen LogP contribution in [0.1, 0.15) is 165 Å². The highest BCUT2D eigenvalue weighted by molar-refractivity contribution is 7.00. The predicted molar refractivity (Wildman–Crippen MR) is 391 cm³/mol. The van der Waals surface area contributed by atoms with Crippen LogP contribution in [0, 0.1) is 41.5 Å². The number of fused-ring (bicyclic) bond motifs is 4. The Morgan fingerprint density at radius 2 is 0.589 bits per heavy atom. The highest BCUT2D eigenvalue weighted by atomic mass is 15.2. The molecule has 0 N–H and O–H groups in total. The van der Waals surface area contributed by atoms with Crippen molar-refractivity contribution in [2.24, 2.45) is 0 Å². The average molecular weight is 1180 g/mol. The molecular formula is C84H92BN5. The summed E-state index contributed by atoms with van der Waals surface area (Å²) in [5.74, 6) is 0. The van der Waals surface area contributed by atoms with Crippen molar-refractivity contribution in [1.29, 1.82) is 0 Å². The molecule has 2 aromatic heterocycles. The van der Waals surface area contributed by atoms with Gasteiger partial charge in [-0.2, -0.15) is 0 Å². The Bertz CT molecular complexity index is 4140. The van der Waals surface area contributed by atoms with Crippen LogP contribution in [0.3, 0.4) is 0 Å². The van der Waals surface area contributed by atoms with E-state index in [1.54, 1.807) is 0 Å². The van der Waals surface area contributed by atoms with Crippen LogP contribution < -0.4 is 31.1 Å². The number of anilines is 9. The minimum atomic E-state index is -0.0779. The highest BCUT2D eigenvalue weighted by Crippen LogP contribution is 2.50. The fourth-order valence-electron chi connectivity index (χ4n) is 14.5. The second kappa shape index (κ2) is 22.2. The van der Waals surface area contributed by atoms with Gasteiger partial charge in [0.2, 0.25) is 0 Å². The van der Waals surface area contributed by atoms with Gasteiger partial charge in [0.05, 0.1) is 28.1 Å². The Morgan fingerprint density at radius 1 is 0.322 bits per heavy atom. The van der Waals surface area contributed by atoms with Crippen molar-refractivity contribution >= 4 is 96.1 Å². The lowest BCUT2D eigenvalue weighted by Crippen LogP contribution is -2.59. The molecule has 0 bridgehead atoms. The monoisotopic (exact) mass is 1180 g/mol. The van der Waals surface area contributed by atoms with E-state index in [-0.39, 0.29) is 28.4 Å². The molecule has 456 valence electrons. The molecule has 13 rings (SSSR count). The molecule has 0 spiro atoms. The van der Waals surface area contributed by atoms with E-state index in [1.807, 2.05) is 0 Å². The van der Waals surface area contributed by atoms with Gasteiger partial charge in [-0.25, -0.2) is 0 Å². The summed E-state index contributed by atoms with van der Waals surface area (Å²) in [4.78, 5) is 7.57. The molecule has 0 fully saturated rings. The molecule has 0 saturated carbocycles. The van der Waals surface area contributed by atoms with Crippen LogP contribution in [-0.2, 0) is 21.7 Å². The van der Waals surface area contributed by atoms with Crippen molar-refractivity contribution in [3.8, 4) is 11.4 Å². The molecule has 0 amide bonds. The van der Waals surface area contributed by atoms with Gasteiger partial charge in [-0.05, 0) is 236 Å². The molecule has 90 heavy (non-hydrogen) atoms. The first-order valence-corrected chi connectivity index (χ1v) is 33.4. The zero-order valence-electron chi connectivity index (χ0n) is 57.0. The van der Waals surface area contributed by atoms with Gasteiger partial charge < -0.3 is 23.8 Å². The second-order valence-electron chi connectivity index (χ2n) is 29.0. The molecule has 6 heteroatoms. The minimum Gasteiger partial charge on any atom is -0.314 e. The second-order valence-corrected chi connectivity index (χ2v) is 29.0. The lowest BCUT2D eigenvalue weighted by molar-refractivity contribution is 0.506. The largest absolute Gasteiger partial charge is 0.314 e. The molecule has 9 aromatic carbocycles. The van der Waals surface area contributed by atoms with Crippen molar-refractivity contribution in [2.45, 2.75) is 172 Å². The van der Waals surface area contributed by atoms with E-state index in [2.05, 4.69) is 330 Å². The van der Waals surface area contributed by atoms with Crippen molar-refractivity contribution in [1.82, 2.24) is 9.13 Å². The summed E-state index contributed by atoms with van der Waals surface area (Å²) in [6.45, 7) is 41.8. The lowest BCUT2D eigenvalue weighted by Gasteiger charge is -2.37. The molecule has 2 aliphatic rings. The van der Waals surface area contributed by atoms with E-state index >= 15 is 0 Å². The first kappa shape index (κ1) is 60.4. The third-order valence-electron chi connectivity index (χ3n) is 22.3. The summed E-state index contributed by atoms with van der Waals surface area (Å²) >= 11 is 0. The van der Waals surface area contributed by atoms with Crippen LogP contribution in [0.2, 0.25) is 0 Å². The summed E-state index contributed by atoms with van der Waals surface area (Å²) in [6.07, 6.45) is 4.25. The maximum Gasteiger partial charge on any atom is 0.252 e. The van der Waals surface area contributed by atoms with Crippen LogP contribution in [0.15, 0.2) is 182 Å². The minimum absolute atomic E-state index is 0.0562. The quantitative estimate of drug-likeness (QED) is 0.0847. The molecule has 0 atom stereocenters. The van der Waals surface area contributed by atoms with E-state index in [0.29, 0.717) is 0 Å². The summed E-state index contributed by atoms with van der Waals surface area (Å²) in [5, 5.41) is 2.56. The summed E-state index contributed by atoms with van der Waals surface area (Å²) in [5.41, 5.74) is 32.5. The van der Waals surface area contributed by atoms with Crippen LogP contribution in [-0.4, -0.2) is 15.8 Å². The predicted octanol–water partition coefficient (Wildman–Crippen LogP) is 21.7. The zero-order valence-corrected chi connectivity index (χ0v) is 57.0. The number of hydrogen-bond donors (Lipinski definition) is 0. The number of hydrogen-bond acceptors (Lipinski definition) is 3. The van der Waals surface area contributed by atoms with Gasteiger partial charge >= 0.3 is 0 Å². The first-order valence-electron chi connectivity index (χ1n) is 33.4. The van der Waals surface area contributed by atoms with Crippen LogP contribution in [0.25, 0.3) is 33.2 Å².